The Kier molecular flexibility index (Phi) is 3.81. The van der Waals surface area contributed by atoms with Crippen molar-refractivity contribution in [3.8, 4) is 11.1 Å². The highest BCUT2D eigenvalue weighted by Crippen LogP contribution is 2.39. The summed E-state index contributed by atoms with van der Waals surface area (Å²) in [5.74, 6) is 0. The SMILES string of the molecule is O=[N+]([O-])c1ccc(-c2ccc([N+](=O)[O-])cc2C(F)(F)F)cc1. The van der Waals surface area contributed by atoms with E-state index in [4.69, 9.17) is 0 Å². The van der Waals surface area contributed by atoms with E-state index in [1.807, 2.05) is 0 Å². The van der Waals surface area contributed by atoms with E-state index < -0.39 is 27.3 Å². The van der Waals surface area contributed by atoms with Crippen LogP contribution in [0.15, 0.2) is 42.5 Å². The maximum atomic E-state index is 13.1. The molecule has 22 heavy (non-hydrogen) atoms. The third kappa shape index (κ3) is 3.03. The van der Waals surface area contributed by atoms with Crippen molar-refractivity contribution in [2.24, 2.45) is 0 Å². The lowest BCUT2D eigenvalue weighted by atomic mass is 9.98. The van der Waals surface area contributed by atoms with Crippen LogP contribution < -0.4 is 0 Å². The van der Waals surface area contributed by atoms with Gasteiger partial charge in [0.2, 0.25) is 0 Å². The molecule has 0 bridgehead atoms. The van der Waals surface area contributed by atoms with Gasteiger partial charge in [-0.05, 0) is 29.3 Å². The predicted octanol–water partition coefficient (Wildman–Crippen LogP) is 4.19. The fourth-order valence-corrected chi connectivity index (χ4v) is 1.89. The Morgan fingerprint density at radius 1 is 0.818 bits per heavy atom. The summed E-state index contributed by atoms with van der Waals surface area (Å²) in [6, 6.07) is 6.82. The highest BCUT2D eigenvalue weighted by atomic mass is 19.4. The van der Waals surface area contributed by atoms with E-state index in [0.717, 1.165) is 36.4 Å². The highest BCUT2D eigenvalue weighted by molar-refractivity contribution is 5.70. The van der Waals surface area contributed by atoms with E-state index in [0.29, 0.717) is 6.07 Å². The monoisotopic (exact) mass is 312 g/mol. The topological polar surface area (TPSA) is 86.3 Å². The van der Waals surface area contributed by atoms with E-state index in [-0.39, 0.29) is 16.8 Å². The molecule has 0 aliphatic carbocycles. The maximum absolute atomic E-state index is 13.1. The second-order valence-corrected chi connectivity index (χ2v) is 4.29. The first kappa shape index (κ1) is 15.4. The molecule has 0 aliphatic heterocycles. The van der Waals surface area contributed by atoms with Crippen molar-refractivity contribution in [1.29, 1.82) is 0 Å². The molecule has 0 saturated carbocycles. The molecule has 0 aliphatic rings. The molecule has 0 unspecified atom stereocenters. The minimum atomic E-state index is -4.79. The summed E-state index contributed by atoms with van der Waals surface area (Å²) in [5, 5.41) is 21.2. The minimum absolute atomic E-state index is 0.0767. The summed E-state index contributed by atoms with van der Waals surface area (Å²) in [6.45, 7) is 0. The van der Waals surface area contributed by atoms with Crippen LogP contribution in [0.4, 0.5) is 24.5 Å². The van der Waals surface area contributed by atoms with Crippen molar-refractivity contribution in [2.45, 2.75) is 6.18 Å². The van der Waals surface area contributed by atoms with Gasteiger partial charge in [-0.3, -0.25) is 20.2 Å². The van der Waals surface area contributed by atoms with Crippen LogP contribution in [-0.4, -0.2) is 9.85 Å². The quantitative estimate of drug-likeness (QED) is 0.628. The molecule has 0 heterocycles. The van der Waals surface area contributed by atoms with Crippen LogP contribution in [0.5, 0.6) is 0 Å². The Hall–Kier alpha value is -2.97. The summed E-state index contributed by atoms with van der Waals surface area (Å²) in [6.07, 6.45) is -4.79. The predicted molar refractivity (Wildman–Crippen MR) is 70.2 cm³/mol. The number of hydrogen-bond donors (Lipinski definition) is 0. The molecule has 0 saturated heterocycles. The molecule has 0 aromatic heterocycles. The molecule has 2 aromatic rings. The van der Waals surface area contributed by atoms with Crippen molar-refractivity contribution < 1.29 is 23.0 Å². The maximum Gasteiger partial charge on any atom is 0.417 e. The van der Waals surface area contributed by atoms with Gasteiger partial charge in [-0.25, -0.2) is 0 Å². The molecule has 6 nitrogen and oxygen atoms in total. The molecule has 2 aromatic carbocycles. The van der Waals surface area contributed by atoms with Gasteiger partial charge in [0, 0.05) is 24.3 Å². The van der Waals surface area contributed by atoms with Gasteiger partial charge in [-0.2, -0.15) is 13.2 Å². The molecule has 2 rings (SSSR count). The van der Waals surface area contributed by atoms with Gasteiger partial charge in [0.05, 0.1) is 15.4 Å². The molecular formula is C13H7F3N2O4. The first-order valence-corrected chi connectivity index (χ1v) is 5.80. The summed E-state index contributed by atoms with van der Waals surface area (Å²) < 4.78 is 39.2. The fraction of sp³-hybridized carbons (Fsp3) is 0.0769. The summed E-state index contributed by atoms with van der Waals surface area (Å²) in [5.41, 5.74) is -2.33. The minimum Gasteiger partial charge on any atom is -0.258 e. The van der Waals surface area contributed by atoms with Crippen molar-refractivity contribution in [1.82, 2.24) is 0 Å². The first-order valence-electron chi connectivity index (χ1n) is 5.80. The molecule has 0 amide bonds. The molecule has 0 N–H and O–H groups in total. The van der Waals surface area contributed by atoms with Crippen molar-refractivity contribution in [3.63, 3.8) is 0 Å². The van der Waals surface area contributed by atoms with E-state index in [1.54, 1.807) is 0 Å². The Balaban J connectivity index is 2.59. The largest absolute Gasteiger partial charge is 0.417 e. The van der Waals surface area contributed by atoms with Crippen LogP contribution in [-0.2, 0) is 6.18 Å². The van der Waals surface area contributed by atoms with Gasteiger partial charge in [-0.15, -0.1) is 0 Å². The Bertz CT molecular complexity index is 742. The number of nitro benzene ring substituents is 2. The number of non-ortho nitro benzene ring substituents is 2. The van der Waals surface area contributed by atoms with Gasteiger partial charge in [0.25, 0.3) is 11.4 Å². The number of halogens is 3. The van der Waals surface area contributed by atoms with E-state index >= 15 is 0 Å². The smallest absolute Gasteiger partial charge is 0.258 e. The second kappa shape index (κ2) is 5.43. The second-order valence-electron chi connectivity index (χ2n) is 4.29. The summed E-state index contributed by atoms with van der Waals surface area (Å²) in [4.78, 5) is 19.6. The van der Waals surface area contributed by atoms with Crippen LogP contribution in [0.2, 0.25) is 0 Å². The number of benzene rings is 2. The van der Waals surface area contributed by atoms with Crippen molar-refractivity contribution >= 4 is 11.4 Å². The van der Waals surface area contributed by atoms with E-state index in [1.165, 1.54) is 0 Å². The summed E-state index contributed by atoms with van der Waals surface area (Å²) in [7, 11) is 0. The van der Waals surface area contributed by atoms with Crippen molar-refractivity contribution in [2.75, 3.05) is 0 Å². The highest BCUT2D eigenvalue weighted by Gasteiger charge is 2.35. The Morgan fingerprint density at radius 2 is 1.32 bits per heavy atom. The number of hydrogen-bond acceptors (Lipinski definition) is 4. The van der Waals surface area contributed by atoms with E-state index in [9.17, 15) is 33.4 Å². The fourth-order valence-electron chi connectivity index (χ4n) is 1.89. The average molecular weight is 312 g/mol. The van der Waals surface area contributed by atoms with Crippen molar-refractivity contribution in [3.05, 3.63) is 68.3 Å². The van der Waals surface area contributed by atoms with Gasteiger partial charge in [0.1, 0.15) is 0 Å². The van der Waals surface area contributed by atoms with Crippen LogP contribution in [0.3, 0.4) is 0 Å². The molecule has 9 heteroatoms. The van der Waals surface area contributed by atoms with Gasteiger partial charge in [0.15, 0.2) is 0 Å². The molecule has 0 fully saturated rings. The lowest BCUT2D eigenvalue weighted by molar-refractivity contribution is -0.385. The molecule has 0 spiro atoms. The zero-order valence-corrected chi connectivity index (χ0v) is 10.7. The third-order valence-electron chi connectivity index (χ3n) is 2.91. The van der Waals surface area contributed by atoms with Gasteiger partial charge < -0.3 is 0 Å². The lowest BCUT2D eigenvalue weighted by Gasteiger charge is -2.12. The number of nitro groups is 2. The number of rotatable bonds is 3. The molecular weight excluding hydrogens is 305 g/mol. The van der Waals surface area contributed by atoms with Gasteiger partial charge in [-0.1, -0.05) is 0 Å². The third-order valence-corrected chi connectivity index (χ3v) is 2.91. The van der Waals surface area contributed by atoms with Crippen LogP contribution in [0.25, 0.3) is 11.1 Å². The Labute approximate surface area is 121 Å². The lowest BCUT2D eigenvalue weighted by Crippen LogP contribution is -2.08. The first-order chi connectivity index (χ1) is 10.2. The van der Waals surface area contributed by atoms with Crippen LogP contribution in [0.1, 0.15) is 5.56 Å². The zero-order chi connectivity index (χ0) is 16.5. The average Bonchev–Trinajstić information content (AvgIpc) is 2.45. The van der Waals surface area contributed by atoms with Crippen LogP contribution in [0, 0.1) is 20.2 Å². The molecule has 0 atom stereocenters. The number of alkyl halides is 3. The zero-order valence-electron chi connectivity index (χ0n) is 10.7. The standard InChI is InChI=1S/C13H7F3N2O4/c14-13(15,16)12-7-10(18(21)22)5-6-11(12)8-1-3-9(4-2-8)17(19)20/h1-7H. The van der Waals surface area contributed by atoms with Gasteiger partial charge >= 0.3 is 6.18 Å². The Morgan fingerprint density at radius 3 is 1.77 bits per heavy atom. The number of nitrogens with zero attached hydrogens (tertiary/aromatic N) is 2. The van der Waals surface area contributed by atoms with Crippen LogP contribution >= 0.6 is 0 Å². The normalized spacial score (nSPS) is 11.2. The molecule has 0 radical (unpaired) electrons. The molecule has 114 valence electrons. The summed E-state index contributed by atoms with van der Waals surface area (Å²) >= 11 is 0. The van der Waals surface area contributed by atoms with E-state index in [2.05, 4.69) is 0 Å².